The molecule has 0 saturated carbocycles. The summed E-state index contributed by atoms with van der Waals surface area (Å²) in [4.78, 5) is 0. The SMILES string of the molecule is CC(Cc1ccco1)Nc1nnc(N)o1. The van der Waals surface area contributed by atoms with Gasteiger partial charge in [-0.3, -0.25) is 0 Å². The van der Waals surface area contributed by atoms with Crippen molar-refractivity contribution in [3.05, 3.63) is 24.2 Å². The topological polar surface area (TPSA) is 90.1 Å². The van der Waals surface area contributed by atoms with Crippen LogP contribution in [0.15, 0.2) is 27.2 Å². The van der Waals surface area contributed by atoms with Crippen molar-refractivity contribution in [2.45, 2.75) is 19.4 Å². The van der Waals surface area contributed by atoms with Gasteiger partial charge in [0, 0.05) is 12.5 Å². The van der Waals surface area contributed by atoms with E-state index in [4.69, 9.17) is 14.6 Å². The van der Waals surface area contributed by atoms with Crippen LogP contribution in [0.1, 0.15) is 12.7 Å². The zero-order chi connectivity index (χ0) is 10.7. The van der Waals surface area contributed by atoms with Crippen molar-refractivity contribution in [2.24, 2.45) is 0 Å². The maximum Gasteiger partial charge on any atom is 0.317 e. The summed E-state index contributed by atoms with van der Waals surface area (Å²) in [6, 6.07) is 4.29. The molecule has 0 aliphatic heterocycles. The van der Waals surface area contributed by atoms with Gasteiger partial charge < -0.3 is 19.9 Å². The Morgan fingerprint density at radius 2 is 2.40 bits per heavy atom. The van der Waals surface area contributed by atoms with Crippen molar-refractivity contribution >= 4 is 12.0 Å². The van der Waals surface area contributed by atoms with Crippen LogP contribution in [0.5, 0.6) is 0 Å². The lowest BCUT2D eigenvalue weighted by molar-refractivity contribution is 0.493. The Morgan fingerprint density at radius 3 is 3.00 bits per heavy atom. The minimum absolute atomic E-state index is 0.0581. The number of hydrogen-bond acceptors (Lipinski definition) is 6. The lowest BCUT2D eigenvalue weighted by atomic mass is 10.2. The molecular formula is C9H12N4O2. The number of nitrogens with two attached hydrogens (primary N) is 1. The number of furan rings is 1. The van der Waals surface area contributed by atoms with E-state index in [1.807, 2.05) is 19.1 Å². The van der Waals surface area contributed by atoms with Gasteiger partial charge >= 0.3 is 12.0 Å². The summed E-state index contributed by atoms with van der Waals surface area (Å²) in [5.41, 5.74) is 5.29. The molecule has 0 aliphatic carbocycles. The minimum atomic E-state index is 0.0581. The maximum atomic E-state index is 5.29. The highest BCUT2D eigenvalue weighted by molar-refractivity contribution is 5.24. The van der Waals surface area contributed by atoms with Crippen LogP contribution < -0.4 is 11.1 Å². The number of hydrogen-bond donors (Lipinski definition) is 2. The molecule has 0 aliphatic rings. The van der Waals surface area contributed by atoms with Gasteiger partial charge in [-0.1, -0.05) is 10.2 Å². The first kappa shape index (κ1) is 9.57. The Morgan fingerprint density at radius 1 is 1.53 bits per heavy atom. The first-order valence-electron chi connectivity index (χ1n) is 4.62. The van der Waals surface area contributed by atoms with Crippen LogP contribution in [0, 0.1) is 0 Å². The predicted octanol–water partition coefficient (Wildman–Crippen LogP) is 1.29. The average Bonchev–Trinajstić information content (AvgIpc) is 2.77. The van der Waals surface area contributed by atoms with Crippen LogP contribution in [0.3, 0.4) is 0 Å². The molecule has 0 radical (unpaired) electrons. The normalized spacial score (nSPS) is 12.6. The Hall–Kier alpha value is -1.98. The van der Waals surface area contributed by atoms with E-state index in [2.05, 4.69) is 15.5 Å². The van der Waals surface area contributed by atoms with Crippen molar-refractivity contribution in [1.82, 2.24) is 10.2 Å². The van der Waals surface area contributed by atoms with Gasteiger partial charge in [-0.2, -0.15) is 0 Å². The van der Waals surface area contributed by atoms with E-state index < -0.39 is 0 Å². The summed E-state index contributed by atoms with van der Waals surface area (Å²) in [6.45, 7) is 1.99. The molecule has 2 aromatic heterocycles. The lowest BCUT2D eigenvalue weighted by Gasteiger charge is -2.08. The Labute approximate surface area is 86.5 Å². The third kappa shape index (κ3) is 2.49. The van der Waals surface area contributed by atoms with Crippen molar-refractivity contribution in [1.29, 1.82) is 0 Å². The highest BCUT2D eigenvalue weighted by Crippen LogP contribution is 2.10. The van der Waals surface area contributed by atoms with Crippen LogP contribution in [0.25, 0.3) is 0 Å². The lowest BCUT2D eigenvalue weighted by Crippen LogP contribution is -2.17. The first-order chi connectivity index (χ1) is 7.24. The molecule has 1 unspecified atom stereocenters. The maximum absolute atomic E-state index is 5.29. The fourth-order valence-corrected chi connectivity index (χ4v) is 1.29. The molecular weight excluding hydrogens is 196 g/mol. The molecule has 6 nitrogen and oxygen atoms in total. The molecule has 0 fully saturated rings. The summed E-state index contributed by atoms with van der Waals surface area (Å²) in [7, 11) is 0. The van der Waals surface area contributed by atoms with Crippen molar-refractivity contribution in [3.8, 4) is 0 Å². The van der Waals surface area contributed by atoms with E-state index >= 15 is 0 Å². The van der Waals surface area contributed by atoms with Crippen molar-refractivity contribution < 1.29 is 8.83 Å². The Bertz CT molecular complexity index is 409. The number of nitrogens with one attached hydrogen (secondary N) is 1. The minimum Gasteiger partial charge on any atom is -0.469 e. The van der Waals surface area contributed by atoms with Crippen LogP contribution in [-0.4, -0.2) is 16.2 Å². The fourth-order valence-electron chi connectivity index (χ4n) is 1.29. The largest absolute Gasteiger partial charge is 0.469 e. The van der Waals surface area contributed by atoms with Gasteiger partial charge in [0.1, 0.15) is 5.76 Å². The fraction of sp³-hybridized carbons (Fsp3) is 0.333. The molecule has 0 aromatic carbocycles. The summed E-state index contributed by atoms with van der Waals surface area (Å²) in [5.74, 6) is 0.905. The van der Waals surface area contributed by atoms with E-state index in [1.165, 1.54) is 0 Å². The van der Waals surface area contributed by atoms with E-state index in [9.17, 15) is 0 Å². The molecule has 0 saturated heterocycles. The summed E-state index contributed by atoms with van der Waals surface area (Å²) in [5, 5.41) is 10.3. The number of rotatable bonds is 4. The molecule has 0 bridgehead atoms. The molecule has 2 aromatic rings. The highest BCUT2D eigenvalue weighted by Gasteiger charge is 2.09. The standard InChI is InChI=1S/C9H12N4O2/c1-6(5-7-3-2-4-14-7)11-9-13-12-8(10)15-9/h2-4,6H,5H2,1H3,(H2,10,12)(H,11,13). The summed E-state index contributed by atoms with van der Waals surface area (Å²) < 4.78 is 10.2. The Balaban J connectivity index is 1.90. The highest BCUT2D eigenvalue weighted by atomic mass is 16.4. The zero-order valence-electron chi connectivity index (χ0n) is 8.30. The van der Waals surface area contributed by atoms with E-state index in [1.54, 1.807) is 6.26 Å². The van der Waals surface area contributed by atoms with Crippen LogP contribution >= 0.6 is 0 Å². The van der Waals surface area contributed by atoms with Crippen LogP contribution in [0.4, 0.5) is 12.0 Å². The monoisotopic (exact) mass is 208 g/mol. The molecule has 15 heavy (non-hydrogen) atoms. The zero-order valence-corrected chi connectivity index (χ0v) is 8.30. The number of anilines is 2. The second kappa shape index (κ2) is 4.04. The van der Waals surface area contributed by atoms with Gasteiger partial charge in [0.05, 0.1) is 6.26 Å². The molecule has 6 heteroatoms. The number of nitrogen functional groups attached to an aromatic ring is 1. The van der Waals surface area contributed by atoms with Gasteiger partial charge in [-0.25, -0.2) is 0 Å². The van der Waals surface area contributed by atoms with Gasteiger partial charge in [-0.15, -0.1) is 0 Å². The second-order valence-electron chi connectivity index (χ2n) is 3.27. The van der Waals surface area contributed by atoms with Crippen molar-refractivity contribution in [3.63, 3.8) is 0 Å². The third-order valence-electron chi connectivity index (χ3n) is 1.90. The average molecular weight is 208 g/mol. The number of aromatic nitrogens is 2. The smallest absolute Gasteiger partial charge is 0.317 e. The molecule has 80 valence electrons. The molecule has 0 spiro atoms. The predicted molar refractivity (Wildman–Crippen MR) is 54.2 cm³/mol. The molecule has 0 amide bonds. The second-order valence-corrected chi connectivity index (χ2v) is 3.27. The van der Waals surface area contributed by atoms with Crippen LogP contribution in [-0.2, 0) is 6.42 Å². The Kier molecular flexibility index (Phi) is 2.57. The van der Waals surface area contributed by atoms with Gasteiger partial charge in [0.25, 0.3) is 0 Å². The van der Waals surface area contributed by atoms with Gasteiger partial charge in [0.15, 0.2) is 0 Å². The van der Waals surface area contributed by atoms with Crippen LogP contribution in [0.2, 0.25) is 0 Å². The van der Waals surface area contributed by atoms with E-state index in [-0.39, 0.29) is 12.1 Å². The third-order valence-corrected chi connectivity index (χ3v) is 1.90. The molecule has 2 heterocycles. The quantitative estimate of drug-likeness (QED) is 0.786. The van der Waals surface area contributed by atoms with E-state index in [0.29, 0.717) is 6.01 Å². The molecule has 1 atom stereocenters. The van der Waals surface area contributed by atoms with Gasteiger partial charge in [0.2, 0.25) is 0 Å². The van der Waals surface area contributed by atoms with Crippen molar-refractivity contribution in [2.75, 3.05) is 11.1 Å². The van der Waals surface area contributed by atoms with Gasteiger partial charge in [-0.05, 0) is 19.1 Å². The number of nitrogens with zero attached hydrogens (tertiary/aromatic N) is 2. The van der Waals surface area contributed by atoms with E-state index in [0.717, 1.165) is 12.2 Å². The molecule has 2 rings (SSSR count). The first-order valence-corrected chi connectivity index (χ1v) is 4.62. The summed E-state index contributed by atoms with van der Waals surface area (Å²) >= 11 is 0. The summed E-state index contributed by atoms with van der Waals surface area (Å²) in [6.07, 6.45) is 2.39. The molecule has 3 N–H and O–H groups in total.